The third-order valence-electron chi connectivity index (χ3n) is 2.97. The molecule has 0 fully saturated rings. The average molecular weight is 281 g/mol. The number of halogens is 2. The fourth-order valence-corrected chi connectivity index (χ4v) is 3.08. The molecule has 0 unspecified atom stereocenters. The van der Waals surface area contributed by atoms with E-state index in [4.69, 9.17) is 5.73 Å². The van der Waals surface area contributed by atoms with Gasteiger partial charge in [0.05, 0.1) is 4.88 Å². The second-order valence-corrected chi connectivity index (χ2v) is 5.30. The molecule has 1 aromatic carbocycles. The average Bonchev–Trinajstić information content (AvgIpc) is 2.68. The SMILES string of the molecule is Nc1nc2c(s1)[C@H](c1ccc(F)cc1F)CC(=O)N2. The lowest BCUT2D eigenvalue weighted by Crippen LogP contribution is -2.23. The van der Waals surface area contributed by atoms with Crippen molar-refractivity contribution in [3.63, 3.8) is 0 Å². The van der Waals surface area contributed by atoms with Gasteiger partial charge < -0.3 is 11.1 Å². The Kier molecular flexibility index (Phi) is 2.70. The number of hydrogen-bond acceptors (Lipinski definition) is 4. The van der Waals surface area contributed by atoms with E-state index in [1.54, 1.807) is 0 Å². The lowest BCUT2D eigenvalue weighted by molar-refractivity contribution is -0.116. The van der Waals surface area contributed by atoms with E-state index in [0.29, 0.717) is 15.8 Å². The Hall–Kier alpha value is -2.02. The van der Waals surface area contributed by atoms with Gasteiger partial charge in [0.2, 0.25) is 5.91 Å². The molecule has 2 aromatic rings. The van der Waals surface area contributed by atoms with Crippen molar-refractivity contribution in [1.82, 2.24) is 4.98 Å². The van der Waals surface area contributed by atoms with Crippen LogP contribution in [-0.4, -0.2) is 10.9 Å². The predicted molar refractivity (Wildman–Crippen MR) is 68.0 cm³/mol. The highest BCUT2D eigenvalue weighted by Crippen LogP contribution is 2.42. The maximum atomic E-state index is 13.8. The number of hydrogen-bond donors (Lipinski definition) is 2. The summed E-state index contributed by atoms with van der Waals surface area (Å²) in [6, 6.07) is 3.34. The molecule has 0 bridgehead atoms. The van der Waals surface area contributed by atoms with Gasteiger partial charge in [-0.1, -0.05) is 17.4 Å². The van der Waals surface area contributed by atoms with Crippen molar-refractivity contribution in [2.75, 3.05) is 11.1 Å². The number of nitrogens with two attached hydrogens (primary N) is 1. The van der Waals surface area contributed by atoms with Crippen LogP contribution in [0.3, 0.4) is 0 Å². The number of rotatable bonds is 1. The molecule has 7 heteroatoms. The third kappa shape index (κ3) is 2.06. The summed E-state index contributed by atoms with van der Waals surface area (Å²) < 4.78 is 26.8. The topological polar surface area (TPSA) is 68.0 Å². The highest BCUT2D eigenvalue weighted by molar-refractivity contribution is 7.16. The number of anilines is 2. The van der Waals surface area contributed by atoms with Crippen molar-refractivity contribution < 1.29 is 13.6 Å². The lowest BCUT2D eigenvalue weighted by Gasteiger charge is -2.21. The molecule has 1 aliphatic heterocycles. The number of nitrogens with one attached hydrogen (secondary N) is 1. The molecule has 19 heavy (non-hydrogen) atoms. The zero-order valence-corrected chi connectivity index (χ0v) is 10.4. The Labute approximate surface area is 111 Å². The summed E-state index contributed by atoms with van der Waals surface area (Å²) in [5.74, 6) is -1.68. The van der Waals surface area contributed by atoms with Gasteiger partial charge in [-0.2, -0.15) is 0 Å². The molecule has 3 rings (SSSR count). The van der Waals surface area contributed by atoms with E-state index in [0.717, 1.165) is 6.07 Å². The van der Waals surface area contributed by atoms with Crippen molar-refractivity contribution in [3.05, 3.63) is 40.3 Å². The predicted octanol–water partition coefficient (Wildman–Crippen LogP) is 2.48. The molecular weight excluding hydrogens is 272 g/mol. The zero-order chi connectivity index (χ0) is 13.6. The van der Waals surface area contributed by atoms with E-state index in [1.165, 1.54) is 23.5 Å². The normalized spacial score (nSPS) is 18.0. The van der Waals surface area contributed by atoms with Gasteiger partial charge in [0.15, 0.2) is 5.13 Å². The van der Waals surface area contributed by atoms with Crippen LogP contribution in [0.4, 0.5) is 19.7 Å². The number of carbonyl (C=O) groups is 1. The van der Waals surface area contributed by atoms with Crippen LogP contribution in [-0.2, 0) is 4.79 Å². The first-order valence-corrected chi connectivity index (χ1v) is 6.37. The van der Waals surface area contributed by atoms with E-state index in [1.807, 2.05) is 0 Å². The molecule has 0 saturated carbocycles. The van der Waals surface area contributed by atoms with E-state index >= 15 is 0 Å². The monoisotopic (exact) mass is 281 g/mol. The Balaban J connectivity index is 2.12. The molecule has 0 saturated heterocycles. The number of fused-ring (bicyclic) bond motifs is 1. The lowest BCUT2D eigenvalue weighted by atomic mass is 9.91. The van der Waals surface area contributed by atoms with Gasteiger partial charge in [-0.25, -0.2) is 13.8 Å². The van der Waals surface area contributed by atoms with E-state index in [2.05, 4.69) is 10.3 Å². The minimum atomic E-state index is -0.669. The van der Waals surface area contributed by atoms with E-state index in [9.17, 15) is 13.6 Å². The molecule has 0 aliphatic carbocycles. The number of amides is 1. The molecule has 0 radical (unpaired) electrons. The standard InChI is InChI=1S/C12H9F2N3OS/c13-5-1-2-6(8(14)3-5)7-4-9(18)16-11-10(7)19-12(15)17-11/h1-3,7H,4H2,(H2,15,17)(H,16,18)/t7-/m0/s1. The molecule has 2 heterocycles. The van der Waals surface area contributed by atoms with Crippen molar-refractivity contribution >= 4 is 28.2 Å². The van der Waals surface area contributed by atoms with Gasteiger partial charge in [-0.3, -0.25) is 4.79 Å². The molecule has 1 amide bonds. The van der Waals surface area contributed by atoms with Crippen molar-refractivity contribution in [2.45, 2.75) is 12.3 Å². The van der Waals surface area contributed by atoms with E-state index in [-0.39, 0.29) is 17.9 Å². The quantitative estimate of drug-likeness (QED) is 0.843. The second kappa shape index (κ2) is 4.27. The number of thiazole rings is 1. The Morgan fingerprint density at radius 1 is 1.42 bits per heavy atom. The van der Waals surface area contributed by atoms with Crippen LogP contribution in [0, 0.1) is 11.6 Å². The molecule has 1 aliphatic rings. The molecule has 98 valence electrons. The Bertz CT molecular complexity index is 671. The fourth-order valence-electron chi connectivity index (χ4n) is 2.17. The van der Waals surface area contributed by atoms with Crippen LogP contribution in [0.1, 0.15) is 22.8 Å². The minimum Gasteiger partial charge on any atom is -0.375 e. The minimum absolute atomic E-state index is 0.0944. The Morgan fingerprint density at radius 3 is 2.95 bits per heavy atom. The highest BCUT2D eigenvalue weighted by atomic mass is 32.1. The van der Waals surface area contributed by atoms with E-state index < -0.39 is 17.6 Å². The number of carbonyl (C=O) groups excluding carboxylic acids is 1. The van der Waals surface area contributed by atoms with Crippen molar-refractivity contribution in [2.24, 2.45) is 0 Å². The van der Waals surface area contributed by atoms with Crippen molar-refractivity contribution in [1.29, 1.82) is 0 Å². The maximum Gasteiger partial charge on any atom is 0.226 e. The van der Waals surface area contributed by atoms with Gasteiger partial charge in [0.1, 0.15) is 17.5 Å². The largest absolute Gasteiger partial charge is 0.375 e. The zero-order valence-electron chi connectivity index (χ0n) is 9.61. The van der Waals surface area contributed by atoms with Crippen LogP contribution in [0.5, 0.6) is 0 Å². The Morgan fingerprint density at radius 2 is 2.21 bits per heavy atom. The number of nitrogen functional groups attached to an aromatic ring is 1. The van der Waals surface area contributed by atoms with Crippen molar-refractivity contribution in [3.8, 4) is 0 Å². The van der Waals surface area contributed by atoms with Crippen LogP contribution in [0.2, 0.25) is 0 Å². The van der Waals surface area contributed by atoms with Gasteiger partial charge in [-0.15, -0.1) is 0 Å². The molecule has 3 N–H and O–H groups in total. The molecular formula is C12H9F2N3OS. The first kappa shape index (κ1) is 12.0. The van der Waals surface area contributed by atoms with Gasteiger partial charge in [0.25, 0.3) is 0 Å². The summed E-state index contributed by atoms with van der Waals surface area (Å²) >= 11 is 1.20. The number of nitrogens with zero attached hydrogens (tertiary/aromatic N) is 1. The molecule has 0 spiro atoms. The van der Waals surface area contributed by atoms with Gasteiger partial charge >= 0.3 is 0 Å². The van der Waals surface area contributed by atoms with Crippen LogP contribution < -0.4 is 11.1 Å². The summed E-state index contributed by atoms with van der Waals surface area (Å²) in [5.41, 5.74) is 5.89. The first-order valence-electron chi connectivity index (χ1n) is 5.55. The summed E-state index contributed by atoms with van der Waals surface area (Å²) in [6.45, 7) is 0. The highest BCUT2D eigenvalue weighted by Gasteiger charge is 2.31. The molecule has 1 atom stereocenters. The fraction of sp³-hybridized carbons (Fsp3) is 0.167. The summed E-state index contributed by atoms with van der Waals surface area (Å²) in [4.78, 5) is 16.3. The summed E-state index contributed by atoms with van der Waals surface area (Å²) in [5, 5.41) is 2.90. The van der Waals surface area contributed by atoms with Crippen LogP contribution >= 0.6 is 11.3 Å². The molecule has 4 nitrogen and oxygen atoms in total. The van der Waals surface area contributed by atoms with Gasteiger partial charge in [-0.05, 0) is 11.6 Å². The summed E-state index contributed by atoms with van der Waals surface area (Å²) in [7, 11) is 0. The molecule has 1 aromatic heterocycles. The third-order valence-corrected chi connectivity index (χ3v) is 3.97. The smallest absolute Gasteiger partial charge is 0.226 e. The number of aromatic nitrogens is 1. The van der Waals surface area contributed by atoms with Gasteiger partial charge in [0, 0.05) is 18.4 Å². The first-order chi connectivity index (χ1) is 9.04. The summed E-state index contributed by atoms with van der Waals surface area (Å²) in [6.07, 6.45) is 0.0944. The van der Waals surface area contributed by atoms with Crippen LogP contribution in [0.25, 0.3) is 0 Å². The number of benzene rings is 1. The maximum absolute atomic E-state index is 13.8. The van der Waals surface area contributed by atoms with Crippen LogP contribution in [0.15, 0.2) is 18.2 Å². The second-order valence-electron chi connectivity index (χ2n) is 4.24.